The van der Waals surface area contributed by atoms with Gasteiger partial charge in [-0.2, -0.15) is 13.2 Å². The quantitative estimate of drug-likeness (QED) is 0.629. The van der Waals surface area contributed by atoms with Gasteiger partial charge >= 0.3 is 6.18 Å². The van der Waals surface area contributed by atoms with Gasteiger partial charge in [-0.15, -0.1) is 0 Å². The molecular formula is C19H21F3N6O. The number of halogens is 3. The van der Waals surface area contributed by atoms with Gasteiger partial charge < -0.3 is 20.9 Å². The molecule has 0 aromatic carbocycles. The monoisotopic (exact) mass is 406 g/mol. The molecule has 1 saturated heterocycles. The fraction of sp³-hybridized carbons (Fsp3) is 0.421. The van der Waals surface area contributed by atoms with Crippen molar-refractivity contribution in [1.82, 2.24) is 25.6 Å². The van der Waals surface area contributed by atoms with E-state index in [1.54, 1.807) is 6.08 Å². The highest BCUT2D eigenvalue weighted by Crippen LogP contribution is 2.38. The zero-order valence-corrected chi connectivity index (χ0v) is 15.6. The van der Waals surface area contributed by atoms with Crippen LogP contribution in [0.3, 0.4) is 0 Å². The van der Waals surface area contributed by atoms with Crippen LogP contribution in [0.5, 0.6) is 0 Å². The van der Waals surface area contributed by atoms with Crippen LogP contribution in [0.2, 0.25) is 0 Å². The maximum absolute atomic E-state index is 13.7. The van der Waals surface area contributed by atoms with E-state index in [-0.39, 0.29) is 28.9 Å². The van der Waals surface area contributed by atoms with Gasteiger partial charge in [-0.3, -0.25) is 4.79 Å². The fourth-order valence-corrected chi connectivity index (χ4v) is 3.67. The molecule has 4 rings (SSSR count). The van der Waals surface area contributed by atoms with Crippen LogP contribution in [0.15, 0.2) is 24.7 Å². The van der Waals surface area contributed by atoms with Gasteiger partial charge in [0.2, 0.25) is 5.95 Å². The van der Waals surface area contributed by atoms with E-state index in [1.165, 1.54) is 12.4 Å². The third-order valence-electron chi connectivity index (χ3n) is 5.09. The lowest BCUT2D eigenvalue weighted by molar-refractivity contribution is -0.137. The molecule has 154 valence electrons. The summed E-state index contributed by atoms with van der Waals surface area (Å²) >= 11 is 0. The predicted molar refractivity (Wildman–Crippen MR) is 101 cm³/mol. The number of carbonyl (C=O) groups excluding carboxylic acids is 1. The second-order valence-corrected chi connectivity index (χ2v) is 7.11. The van der Waals surface area contributed by atoms with E-state index in [4.69, 9.17) is 0 Å². The molecule has 2 aromatic heterocycles. The number of aromatic nitrogens is 3. The van der Waals surface area contributed by atoms with Crippen molar-refractivity contribution in [2.24, 2.45) is 0 Å². The number of fused-ring (bicyclic) bond motifs is 1. The van der Waals surface area contributed by atoms with Gasteiger partial charge in [0.05, 0.1) is 5.69 Å². The van der Waals surface area contributed by atoms with Crippen molar-refractivity contribution in [2.45, 2.75) is 37.9 Å². The third-order valence-corrected chi connectivity index (χ3v) is 5.09. The largest absolute Gasteiger partial charge is 0.419 e. The van der Waals surface area contributed by atoms with E-state index in [9.17, 15) is 18.0 Å². The Morgan fingerprint density at radius 1 is 1.28 bits per heavy atom. The molecule has 0 aliphatic carbocycles. The van der Waals surface area contributed by atoms with Gasteiger partial charge in [0.1, 0.15) is 11.3 Å². The second kappa shape index (κ2) is 7.86. The van der Waals surface area contributed by atoms with Crippen molar-refractivity contribution in [2.75, 3.05) is 18.4 Å². The molecule has 1 amide bonds. The van der Waals surface area contributed by atoms with Gasteiger partial charge in [0, 0.05) is 36.7 Å². The minimum atomic E-state index is -4.62. The summed E-state index contributed by atoms with van der Waals surface area (Å²) in [6, 6.07) is 0.0519. The predicted octanol–water partition coefficient (Wildman–Crippen LogP) is 2.84. The SMILES string of the molecule is O=C1NC=CCCc2c(-c3nc(NC4CCCNC4)ncc3C(F)(F)F)c[nH]c21. The van der Waals surface area contributed by atoms with Gasteiger partial charge in [-0.05, 0) is 37.8 Å². The van der Waals surface area contributed by atoms with Gasteiger partial charge in [0.25, 0.3) is 5.91 Å². The van der Waals surface area contributed by atoms with Crippen LogP contribution in [0, 0.1) is 0 Å². The van der Waals surface area contributed by atoms with E-state index in [0.29, 0.717) is 24.9 Å². The van der Waals surface area contributed by atoms with Crippen molar-refractivity contribution in [3.63, 3.8) is 0 Å². The number of H-pyrrole nitrogens is 1. The Morgan fingerprint density at radius 3 is 2.90 bits per heavy atom. The van der Waals surface area contributed by atoms with E-state index < -0.39 is 17.6 Å². The number of nitrogens with one attached hydrogen (secondary N) is 4. The Labute approximate surface area is 165 Å². The first-order valence-electron chi connectivity index (χ1n) is 9.51. The molecule has 2 aliphatic rings. The number of alkyl halides is 3. The summed E-state index contributed by atoms with van der Waals surface area (Å²) in [5, 5.41) is 8.95. The molecule has 0 bridgehead atoms. The third kappa shape index (κ3) is 4.12. The minimum absolute atomic E-state index is 0.0519. The zero-order valence-electron chi connectivity index (χ0n) is 15.6. The molecule has 1 fully saturated rings. The summed E-state index contributed by atoms with van der Waals surface area (Å²) in [6.45, 7) is 1.62. The molecule has 1 atom stereocenters. The molecule has 0 saturated carbocycles. The first-order valence-corrected chi connectivity index (χ1v) is 9.51. The highest BCUT2D eigenvalue weighted by molar-refractivity contribution is 5.97. The Balaban J connectivity index is 1.76. The normalized spacial score (nSPS) is 19.8. The number of nitrogens with zero attached hydrogens (tertiary/aromatic N) is 2. The number of hydrogen-bond acceptors (Lipinski definition) is 5. The van der Waals surface area contributed by atoms with Crippen molar-refractivity contribution in [3.05, 3.63) is 41.5 Å². The van der Waals surface area contributed by atoms with Crippen LogP contribution in [0.1, 0.15) is 40.9 Å². The van der Waals surface area contributed by atoms with E-state index in [2.05, 4.69) is 30.9 Å². The summed E-state index contributed by atoms with van der Waals surface area (Å²) < 4.78 is 41.0. The zero-order chi connectivity index (χ0) is 20.4. The topological polar surface area (TPSA) is 94.7 Å². The summed E-state index contributed by atoms with van der Waals surface area (Å²) in [4.78, 5) is 23.2. The Hall–Kier alpha value is -2.88. The fourth-order valence-electron chi connectivity index (χ4n) is 3.67. The molecule has 0 radical (unpaired) electrons. The highest BCUT2D eigenvalue weighted by atomic mass is 19.4. The maximum Gasteiger partial charge on any atom is 0.419 e. The Kier molecular flexibility index (Phi) is 5.27. The average Bonchev–Trinajstić information content (AvgIpc) is 3.09. The first-order chi connectivity index (χ1) is 13.9. The van der Waals surface area contributed by atoms with Crippen molar-refractivity contribution in [3.8, 4) is 11.3 Å². The Morgan fingerprint density at radius 2 is 2.14 bits per heavy atom. The standard InChI is InChI=1S/C19H21F3N6O/c20-19(21,22)14-10-26-18(27-11-4-3-6-23-8-11)28-15(14)13-9-25-16-12(13)5-1-2-7-24-17(16)29/h2,7,9-11,23,25H,1,3-6,8H2,(H,24,29)(H,26,27,28). The summed E-state index contributed by atoms with van der Waals surface area (Å²) in [6.07, 6.45) is 3.79. The first kappa shape index (κ1) is 19.4. The molecule has 1 unspecified atom stereocenters. The van der Waals surface area contributed by atoms with Crippen LogP contribution in [0.4, 0.5) is 19.1 Å². The van der Waals surface area contributed by atoms with Gasteiger partial charge in [0.15, 0.2) is 0 Å². The van der Waals surface area contributed by atoms with Crippen molar-refractivity contribution >= 4 is 11.9 Å². The number of aromatic amines is 1. The molecular weight excluding hydrogens is 385 g/mol. The number of rotatable bonds is 3. The smallest absolute Gasteiger partial charge is 0.356 e. The number of piperidine rings is 1. The highest BCUT2D eigenvalue weighted by Gasteiger charge is 2.37. The number of allylic oxidation sites excluding steroid dienone is 1. The van der Waals surface area contributed by atoms with Gasteiger partial charge in [-0.1, -0.05) is 6.08 Å². The molecule has 4 N–H and O–H groups in total. The molecule has 4 heterocycles. The van der Waals surface area contributed by atoms with Crippen molar-refractivity contribution < 1.29 is 18.0 Å². The Bertz CT molecular complexity index is 931. The maximum atomic E-state index is 13.7. The molecule has 29 heavy (non-hydrogen) atoms. The van der Waals surface area contributed by atoms with Crippen LogP contribution >= 0.6 is 0 Å². The number of hydrogen-bond donors (Lipinski definition) is 4. The van der Waals surface area contributed by atoms with Crippen LogP contribution in [-0.4, -0.2) is 40.0 Å². The number of anilines is 1. The lowest BCUT2D eigenvalue weighted by Crippen LogP contribution is -2.38. The number of amides is 1. The lowest BCUT2D eigenvalue weighted by atomic mass is 9.99. The molecule has 2 aromatic rings. The molecule has 10 heteroatoms. The lowest BCUT2D eigenvalue weighted by Gasteiger charge is -2.24. The van der Waals surface area contributed by atoms with Crippen LogP contribution in [0.25, 0.3) is 11.3 Å². The average molecular weight is 406 g/mol. The minimum Gasteiger partial charge on any atom is -0.356 e. The van der Waals surface area contributed by atoms with Crippen LogP contribution in [-0.2, 0) is 12.6 Å². The molecule has 7 nitrogen and oxygen atoms in total. The van der Waals surface area contributed by atoms with Crippen molar-refractivity contribution in [1.29, 1.82) is 0 Å². The summed E-state index contributed by atoms with van der Waals surface area (Å²) in [5.41, 5.74) is -0.119. The summed E-state index contributed by atoms with van der Waals surface area (Å²) in [5.74, 6) is -0.247. The second-order valence-electron chi connectivity index (χ2n) is 7.11. The molecule has 2 aliphatic heterocycles. The van der Waals surface area contributed by atoms with E-state index in [0.717, 1.165) is 25.6 Å². The van der Waals surface area contributed by atoms with E-state index in [1.807, 2.05) is 0 Å². The van der Waals surface area contributed by atoms with Gasteiger partial charge in [-0.25, -0.2) is 9.97 Å². The van der Waals surface area contributed by atoms with E-state index >= 15 is 0 Å². The van der Waals surface area contributed by atoms with Crippen LogP contribution < -0.4 is 16.0 Å². The summed E-state index contributed by atoms with van der Waals surface area (Å²) in [7, 11) is 0. The number of carbonyl (C=O) groups is 1. The molecule has 0 spiro atoms.